The number of aryl methyl sites for hydroxylation is 1. The van der Waals surface area contributed by atoms with Gasteiger partial charge in [0.15, 0.2) is 5.69 Å². The molecule has 112 valence electrons. The van der Waals surface area contributed by atoms with Gasteiger partial charge in [0.05, 0.1) is 0 Å². The lowest BCUT2D eigenvalue weighted by molar-refractivity contribution is 0.0956. The molecule has 5 heteroatoms. The molecule has 0 fully saturated rings. The Balaban J connectivity index is 2.20. The topological polar surface area (TPSA) is 59.0 Å². The van der Waals surface area contributed by atoms with E-state index in [1.807, 2.05) is 4.68 Å². The molecular formula is C15H26N4O. The van der Waals surface area contributed by atoms with Crippen molar-refractivity contribution in [2.24, 2.45) is 5.92 Å². The van der Waals surface area contributed by atoms with Gasteiger partial charge in [-0.25, -0.2) is 0 Å². The number of hydrogen-bond donors (Lipinski definition) is 2. The molecule has 0 saturated carbocycles. The number of amides is 1. The van der Waals surface area contributed by atoms with Crippen LogP contribution in [0.15, 0.2) is 0 Å². The summed E-state index contributed by atoms with van der Waals surface area (Å²) in [5.74, 6) is 0.575. The summed E-state index contributed by atoms with van der Waals surface area (Å²) in [7, 11) is 1.66. The number of hydrogen-bond acceptors (Lipinski definition) is 3. The largest absolute Gasteiger partial charge is 0.354 e. The lowest BCUT2D eigenvalue weighted by Gasteiger charge is -2.25. The van der Waals surface area contributed by atoms with Crippen molar-refractivity contribution >= 4 is 5.91 Å². The highest BCUT2D eigenvalue weighted by Crippen LogP contribution is 2.25. The molecule has 0 spiro atoms. The highest BCUT2D eigenvalue weighted by atomic mass is 16.1. The van der Waals surface area contributed by atoms with Crippen LogP contribution in [-0.4, -0.2) is 35.3 Å². The molecule has 20 heavy (non-hydrogen) atoms. The minimum absolute atomic E-state index is 0.0713. The molecule has 1 aromatic heterocycles. The second-order valence-corrected chi connectivity index (χ2v) is 5.91. The molecule has 0 aromatic carbocycles. The Hall–Kier alpha value is -1.36. The fourth-order valence-electron chi connectivity index (χ4n) is 2.83. The molecule has 0 radical (unpaired) electrons. The molecule has 1 heterocycles. The van der Waals surface area contributed by atoms with Crippen molar-refractivity contribution < 1.29 is 4.79 Å². The lowest BCUT2D eigenvalue weighted by atomic mass is 9.91. The minimum Gasteiger partial charge on any atom is -0.354 e. The zero-order valence-corrected chi connectivity index (χ0v) is 13.0. The number of carbonyl (C=O) groups is 1. The maximum absolute atomic E-state index is 12.0. The first-order valence-electron chi connectivity index (χ1n) is 7.60. The average Bonchev–Trinajstić information content (AvgIpc) is 2.82. The van der Waals surface area contributed by atoms with Gasteiger partial charge in [0.1, 0.15) is 0 Å². The molecule has 2 rings (SSSR count). The average molecular weight is 278 g/mol. The van der Waals surface area contributed by atoms with Crippen molar-refractivity contribution in [1.29, 1.82) is 0 Å². The van der Waals surface area contributed by atoms with Crippen LogP contribution in [0.5, 0.6) is 0 Å². The predicted molar refractivity (Wildman–Crippen MR) is 79.9 cm³/mol. The van der Waals surface area contributed by atoms with Crippen LogP contribution in [0.1, 0.15) is 48.9 Å². The monoisotopic (exact) mass is 278 g/mol. The van der Waals surface area contributed by atoms with Crippen LogP contribution in [0, 0.1) is 5.92 Å². The van der Waals surface area contributed by atoms with Gasteiger partial charge in [-0.15, -0.1) is 0 Å². The van der Waals surface area contributed by atoms with Gasteiger partial charge in [-0.2, -0.15) is 5.10 Å². The van der Waals surface area contributed by atoms with Gasteiger partial charge in [0.25, 0.3) is 5.91 Å². The number of nitrogens with zero attached hydrogens (tertiary/aromatic N) is 2. The van der Waals surface area contributed by atoms with Crippen molar-refractivity contribution in [2.75, 3.05) is 13.6 Å². The van der Waals surface area contributed by atoms with Gasteiger partial charge in [-0.05, 0) is 38.6 Å². The summed E-state index contributed by atoms with van der Waals surface area (Å²) in [6.07, 6.45) is 3.03. The smallest absolute Gasteiger partial charge is 0.271 e. The highest BCUT2D eigenvalue weighted by molar-refractivity contribution is 5.93. The number of carbonyl (C=O) groups excluding carboxylic acids is 1. The van der Waals surface area contributed by atoms with Gasteiger partial charge < -0.3 is 10.6 Å². The number of fused-ring (bicyclic) bond motifs is 1. The van der Waals surface area contributed by atoms with E-state index in [-0.39, 0.29) is 5.91 Å². The first-order valence-corrected chi connectivity index (χ1v) is 7.60. The van der Waals surface area contributed by atoms with E-state index in [0.717, 1.165) is 37.9 Å². The van der Waals surface area contributed by atoms with Crippen LogP contribution in [0.4, 0.5) is 0 Å². The van der Waals surface area contributed by atoms with E-state index < -0.39 is 0 Å². The molecule has 0 saturated heterocycles. The van der Waals surface area contributed by atoms with Crippen LogP contribution in [0.3, 0.4) is 0 Å². The number of rotatable bonds is 5. The fourth-order valence-corrected chi connectivity index (χ4v) is 2.83. The Morgan fingerprint density at radius 2 is 2.25 bits per heavy atom. The second kappa shape index (κ2) is 6.39. The Morgan fingerprint density at radius 3 is 2.85 bits per heavy atom. The van der Waals surface area contributed by atoms with Crippen molar-refractivity contribution in [3.8, 4) is 0 Å². The van der Waals surface area contributed by atoms with Gasteiger partial charge in [0, 0.05) is 30.9 Å². The Labute approximate surface area is 121 Å². The molecule has 1 aliphatic carbocycles. The summed E-state index contributed by atoms with van der Waals surface area (Å²) in [6, 6.07) is 0.461. The van der Waals surface area contributed by atoms with E-state index >= 15 is 0 Å². The van der Waals surface area contributed by atoms with E-state index in [1.54, 1.807) is 7.05 Å². The normalized spacial score (nSPS) is 18.1. The van der Waals surface area contributed by atoms with Crippen molar-refractivity contribution in [1.82, 2.24) is 20.4 Å². The van der Waals surface area contributed by atoms with Gasteiger partial charge in [-0.1, -0.05) is 13.8 Å². The highest BCUT2D eigenvalue weighted by Gasteiger charge is 2.28. The van der Waals surface area contributed by atoms with Crippen LogP contribution in [0.25, 0.3) is 0 Å². The lowest BCUT2D eigenvalue weighted by Crippen LogP contribution is -2.37. The second-order valence-electron chi connectivity index (χ2n) is 5.91. The SMILES string of the molecule is CCn1nc(C(=O)NC)c2c1CC[C@@H](NCC(C)C)C2. The molecule has 5 nitrogen and oxygen atoms in total. The summed E-state index contributed by atoms with van der Waals surface area (Å²) in [4.78, 5) is 12.0. The summed E-state index contributed by atoms with van der Waals surface area (Å²) in [6.45, 7) is 8.35. The van der Waals surface area contributed by atoms with Gasteiger partial charge in [0.2, 0.25) is 0 Å². The maximum Gasteiger partial charge on any atom is 0.271 e. The molecular weight excluding hydrogens is 252 g/mol. The molecule has 0 unspecified atom stereocenters. The van der Waals surface area contributed by atoms with E-state index in [4.69, 9.17) is 0 Å². The van der Waals surface area contributed by atoms with E-state index in [0.29, 0.717) is 17.7 Å². The fraction of sp³-hybridized carbons (Fsp3) is 0.733. The molecule has 1 amide bonds. The zero-order chi connectivity index (χ0) is 14.7. The maximum atomic E-state index is 12.0. The van der Waals surface area contributed by atoms with Crippen molar-refractivity contribution in [3.63, 3.8) is 0 Å². The van der Waals surface area contributed by atoms with Crippen LogP contribution >= 0.6 is 0 Å². The minimum atomic E-state index is -0.0713. The quantitative estimate of drug-likeness (QED) is 0.855. The summed E-state index contributed by atoms with van der Waals surface area (Å²) in [5.41, 5.74) is 2.99. The van der Waals surface area contributed by atoms with Gasteiger partial charge in [-0.3, -0.25) is 9.48 Å². The molecule has 0 aliphatic heterocycles. The molecule has 1 atom stereocenters. The van der Waals surface area contributed by atoms with Crippen LogP contribution in [-0.2, 0) is 19.4 Å². The summed E-state index contributed by atoms with van der Waals surface area (Å²) >= 11 is 0. The van der Waals surface area contributed by atoms with Gasteiger partial charge >= 0.3 is 0 Å². The van der Waals surface area contributed by atoms with E-state index in [2.05, 4.69) is 36.5 Å². The molecule has 0 bridgehead atoms. The molecule has 1 aromatic rings. The first-order chi connectivity index (χ1) is 9.56. The third kappa shape index (κ3) is 3.03. The molecule has 2 N–H and O–H groups in total. The van der Waals surface area contributed by atoms with Crippen molar-refractivity contribution in [2.45, 2.75) is 52.6 Å². The van der Waals surface area contributed by atoms with E-state index in [9.17, 15) is 4.79 Å². The number of nitrogens with one attached hydrogen (secondary N) is 2. The van der Waals surface area contributed by atoms with Crippen LogP contribution < -0.4 is 10.6 Å². The third-order valence-electron chi connectivity index (χ3n) is 3.90. The predicted octanol–water partition coefficient (Wildman–Crippen LogP) is 1.37. The van der Waals surface area contributed by atoms with Crippen LogP contribution in [0.2, 0.25) is 0 Å². The first kappa shape index (κ1) is 15.0. The third-order valence-corrected chi connectivity index (χ3v) is 3.90. The Bertz CT molecular complexity index is 478. The summed E-state index contributed by atoms with van der Waals surface area (Å²) in [5, 5.41) is 10.8. The summed E-state index contributed by atoms with van der Waals surface area (Å²) < 4.78 is 1.98. The standard InChI is InChI=1S/C15H26N4O/c1-5-19-13-7-6-11(17-9-10(2)3)8-12(13)14(18-19)15(20)16-4/h10-11,17H,5-9H2,1-4H3,(H,16,20)/t11-/m1/s1. The Morgan fingerprint density at radius 1 is 1.50 bits per heavy atom. The number of aromatic nitrogens is 2. The Kier molecular flexibility index (Phi) is 4.81. The zero-order valence-electron chi connectivity index (χ0n) is 13.0. The van der Waals surface area contributed by atoms with Crippen molar-refractivity contribution in [3.05, 3.63) is 17.0 Å². The van der Waals surface area contributed by atoms with E-state index in [1.165, 1.54) is 5.69 Å². The molecule has 1 aliphatic rings.